The molecule has 0 heterocycles. The monoisotopic (exact) mass is 504 g/mol. The van der Waals surface area contributed by atoms with Crippen molar-refractivity contribution in [2.45, 2.75) is 55.2 Å². The Hall–Kier alpha value is -2.24. The number of nitrogens with one attached hydrogen (secondary N) is 1. The number of carboxylic acids is 1. The first kappa shape index (κ1) is 27.0. The van der Waals surface area contributed by atoms with Gasteiger partial charge in [0.2, 0.25) is 10.0 Å². The fourth-order valence-electron chi connectivity index (χ4n) is 3.20. The second-order valence-electron chi connectivity index (χ2n) is 7.46. The SMILES string of the molecule is CCCCCCCNc1c(F)c(SCCc2ccc(C(=O)O)cc2)c(F)c(F)c1S(N)(=O)=O. The Labute approximate surface area is 195 Å². The predicted molar refractivity (Wildman–Crippen MR) is 123 cm³/mol. The minimum absolute atomic E-state index is 0.106. The molecule has 0 unspecified atom stereocenters. The Morgan fingerprint density at radius 1 is 1.03 bits per heavy atom. The molecule has 0 radical (unpaired) electrons. The first-order chi connectivity index (χ1) is 15.6. The van der Waals surface area contributed by atoms with Gasteiger partial charge in [-0.1, -0.05) is 44.7 Å². The van der Waals surface area contributed by atoms with Crippen molar-refractivity contribution in [1.82, 2.24) is 0 Å². The van der Waals surface area contributed by atoms with Crippen LogP contribution in [0.5, 0.6) is 0 Å². The van der Waals surface area contributed by atoms with Crippen molar-refractivity contribution in [3.8, 4) is 0 Å². The molecule has 2 rings (SSSR count). The van der Waals surface area contributed by atoms with E-state index in [9.17, 15) is 22.0 Å². The van der Waals surface area contributed by atoms with Crippen molar-refractivity contribution in [2.24, 2.45) is 5.14 Å². The van der Waals surface area contributed by atoms with Crippen LogP contribution in [0.15, 0.2) is 34.1 Å². The molecule has 0 bridgehead atoms. The lowest BCUT2D eigenvalue weighted by atomic mass is 10.1. The van der Waals surface area contributed by atoms with Gasteiger partial charge in [-0.25, -0.2) is 31.5 Å². The maximum Gasteiger partial charge on any atom is 0.335 e. The van der Waals surface area contributed by atoms with Crippen LogP contribution in [0, 0.1) is 17.5 Å². The maximum atomic E-state index is 15.1. The minimum Gasteiger partial charge on any atom is -0.478 e. The second-order valence-corrected chi connectivity index (χ2v) is 10.1. The normalized spacial score (nSPS) is 11.5. The van der Waals surface area contributed by atoms with Crippen molar-refractivity contribution in [1.29, 1.82) is 0 Å². The van der Waals surface area contributed by atoms with Crippen molar-refractivity contribution < 1.29 is 31.5 Å². The number of primary sulfonamides is 1. The van der Waals surface area contributed by atoms with Gasteiger partial charge >= 0.3 is 5.97 Å². The lowest BCUT2D eigenvalue weighted by molar-refractivity contribution is 0.0697. The molecule has 0 saturated heterocycles. The van der Waals surface area contributed by atoms with Crippen LogP contribution >= 0.6 is 11.8 Å². The van der Waals surface area contributed by atoms with Gasteiger partial charge in [-0.15, -0.1) is 11.8 Å². The van der Waals surface area contributed by atoms with E-state index in [-0.39, 0.29) is 17.9 Å². The number of unbranched alkanes of at least 4 members (excludes halogenated alkanes) is 4. The molecule has 0 atom stereocenters. The molecule has 11 heteroatoms. The summed E-state index contributed by atoms with van der Waals surface area (Å²) in [5, 5.41) is 16.6. The maximum absolute atomic E-state index is 15.1. The summed E-state index contributed by atoms with van der Waals surface area (Å²) in [5.41, 5.74) is 0.162. The Kier molecular flexibility index (Phi) is 10.1. The Bertz CT molecular complexity index is 1080. The molecule has 0 aliphatic heterocycles. The van der Waals surface area contributed by atoms with Gasteiger partial charge in [0, 0.05) is 12.3 Å². The highest BCUT2D eigenvalue weighted by molar-refractivity contribution is 7.99. The highest BCUT2D eigenvalue weighted by Crippen LogP contribution is 2.37. The molecule has 0 amide bonds. The molecule has 33 heavy (non-hydrogen) atoms. The van der Waals surface area contributed by atoms with Crippen molar-refractivity contribution in [2.75, 3.05) is 17.6 Å². The van der Waals surface area contributed by atoms with Crippen LogP contribution in [0.2, 0.25) is 0 Å². The van der Waals surface area contributed by atoms with Gasteiger partial charge in [-0.2, -0.15) is 0 Å². The fourth-order valence-corrected chi connectivity index (χ4v) is 4.97. The van der Waals surface area contributed by atoms with Gasteiger partial charge in [0.25, 0.3) is 0 Å². The largest absolute Gasteiger partial charge is 0.478 e. The van der Waals surface area contributed by atoms with E-state index in [2.05, 4.69) is 12.2 Å². The van der Waals surface area contributed by atoms with Crippen molar-refractivity contribution >= 4 is 33.4 Å². The zero-order chi connectivity index (χ0) is 24.6. The van der Waals surface area contributed by atoms with E-state index < -0.39 is 48.9 Å². The van der Waals surface area contributed by atoms with Crippen LogP contribution in [0.4, 0.5) is 18.9 Å². The summed E-state index contributed by atoms with van der Waals surface area (Å²) in [4.78, 5) is 9.04. The third-order valence-corrected chi connectivity index (χ3v) is 6.95. The second kappa shape index (κ2) is 12.3. The van der Waals surface area contributed by atoms with Crippen LogP contribution < -0.4 is 10.5 Å². The number of hydrogen-bond acceptors (Lipinski definition) is 5. The molecule has 0 aliphatic rings. The summed E-state index contributed by atoms with van der Waals surface area (Å²) in [5.74, 6) is -5.48. The van der Waals surface area contributed by atoms with E-state index in [1.54, 1.807) is 12.1 Å². The molecule has 182 valence electrons. The number of carbonyl (C=O) groups is 1. The predicted octanol–water partition coefficient (Wildman–Crippen LogP) is 5.17. The Morgan fingerprint density at radius 3 is 2.24 bits per heavy atom. The Balaban J connectivity index is 2.21. The number of carboxylic acid groups (broad SMARTS) is 1. The van der Waals surface area contributed by atoms with Gasteiger partial charge in [0.1, 0.15) is 4.90 Å². The molecule has 0 fully saturated rings. The fraction of sp³-hybridized carbons (Fsp3) is 0.409. The quantitative estimate of drug-likeness (QED) is 0.197. The number of rotatable bonds is 13. The average Bonchev–Trinajstić information content (AvgIpc) is 2.75. The number of thioether (sulfide) groups is 1. The highest BCUT2D eigenvalue weighted by atomic mass is 32.2. The van der Waals surface area contributed by atoms with E-state index >= 15 is 4.39 Å². The molecule has 2 aromatic carbocycles. The van der Waals surface area contributed by atoms with E-state index in [1.165, 1.54) is 12.1 Å². The third-order valence-electron chi connectivity index (χ3n) is 4.94. The molecule has 0 aromatic heterocycles. The molecule has 0 spiro atoms. The zero-order valence-electron chi connectivity index (χ0n) is 18.2. The van der Waals surface area contributed by atoms with Crippen LogP contribution in [0.25, 0.3) is 0 Å². The highest BCUT2D eigenvalue weighted by Gasteiger charge is 2.31. The molecular weight excluding hydrogens is 477 g/mol. The van der Waals surface area contributed by atoms with Gasteiger partial charge in [-0.05, 0) is 30.5 Å². The number of anilines is 1. The first-order valence-electron chi connectivity index (χ1n) is 10.5. The van der Waals surface area contributed by atoms with Crippen molar-refractivity contribution in [3.05, 3.63) is 52.8 Å². The number of benzene rings is 2. The van der Waals surface area contributed by atoms with Gasteiger partial charge in [-0.3, -0.25) is 0 Å². The molecular formula is C22H27F3N2O4S2. The number of aromatic carboxylic acids is 1. The van der Waals surface area contributed by atoms with Crippen LogP contribution in [0.3, 0.4) is 0 Å². The smallest absolute Gasteiger partial charge is 0.335 e. The van der Waals surface area contributed by atoms with Crippen molar-refractivity contribution in [3.63, 3.8) is 0 Å². The minimum atomic E-state index is -4.73. The number of halogens is 3. The van der Waals surface area contributed by atoms with Gasteiger partial charge < -0.3 is 10.4 Å². The molecule has 6 nitrogen and oxygen atoms in total. The number of sulfonamides is 1. The summed E-state index contributed by atoms with van der Waals surface area (Å²) in [7, 11) is -4.73. The average molecular weight is 505 g/mol. The summed E-state index contributed by atoms with van der Waals surface area (Å²) in [6.07, 6.45) is 4.75. The Morgan fingerprint density at radius 2 is 1.67 bits per heavy atom. The van der Waals surface area contributed by atoms with Crippen LogP contribution in [-0.2, 0) is 16.4 Å². The summed E-state index contributed by atoms with van der Waals surface area (Å²) < 4.78 is 68.1. The zero-order valence-corrected chi connectivity index (χ0v) is 19.8. The van der Waals surface area contributed by atoms with Gasteiger partial charge in [0.15, 0.2) is 17.5 Å². The summed E-state index contributed by atoms with van der Waals surface area (Å²) >= 11 is 0.695. The topological polar surface area (TPSA) is 109 Å². The van der Waals surface area contributed by atoms with Crippen LogP contribution in [-0.4, -0.2) is 31.8 Å². The standard InChI is InChI=1S/C22H27F3N2O4S2/c1-2-3-4-5-6-12-27-19-18(25)20(16(23)17(24)21(19)33(26,30)31)32-13-11-14-7-9-15(10-8-14)22(28)29/h7-10,27H,2-6,11-13H2,1H3,(H,28,29)(H2,26,30,31). The van der Waals surface area contributed by atoms with E-state index in [4.69, 9.17) is 10.2 Å². The van der Waals surface area contributed by atoms with E-state index in [0.29, 0.717) is 24.6 Å². The van der Waals surface area contributed by atoms with Gasteiger partial charge in [0.05, 0.1) is 16.1 Å². The third kappa shape index (κ3) is 7.38. The number of aryl methyl sites for hydroxylation is 1. The molecule has 0 aliphatic carbocycles. The molecule has 0 saturated carbocycles. The van der Waals surface area contributed by atoms with Crippen LogP contribution in [0.1, 0.15) is 54.9 Å². The van der Waals surface area contributed by atoms with E-state index in [1.807, 2.05) is 0 Å². The van der Waals surface area contributed by atoms with E-state index in [0.717, 1.165) is 31.2 Å². The first-order valence-corrected chi connectivity index (χ1v) is 13.0. The lowest BCUT2D eigenvalue weighted by Gasteiger charge is -2.16. The number of hydrogen-bond donors (Lipinski definition) is 3. The summed E-state index contributed by atoms with van der Waals surface area (Å²) in [6.45, 7) is 2.23. The number of nitrogens with two attached hydrogens (primary N) is 1. The molecule has 4 N–H and O–H groups in total. The molecule has 2 aromatic rings. The summed E-state index contributed by atoms with van der Waals surface area (Å²) in [6, 6.07) is 5.97. The lowest BCUT2D eigenvalue weighted by Crippen LogP contribution is -2.20.